The molecule has 0 radical (unpaired) electrons. The number of para-hydroxylation sites is 1. The Labute approximate surface area is 111 Å². The van der Waals surface area contributed by atoms with Gasteiger partial charge in [-0.15, -0.1) is 0 Å². The highest BCUT2D eigenvalue weighted by Gasteiger charge is 2.24. The van der Waals surface area contributed by atoms with E-state index < -0.39 is 0 Å². The van der Waals surface area contributed by atoms with Crippen LogP contribution >= 0.6 is 0 Å². The van der Waals surface area contributed by atoms with Crippen molar-refractivity contribution in [3.63, 3.8) is 0 Å². The summed E-state index contributed by atoms with van der Waals surface area (Å²) in [7, 11) is 2.05. The van der Waals surface area contributed by atoms with Gasteiger partial charge in [0.2, 0.25) is 0 Å². The van der Waals surface area contributed by atoms with Gasteiger partial charge in [0.25, 0.3) is 0 Å². The number of benzene rings is 1. The third-order valence-electron chi connectivity index (χ3n) is 3.98. The molecule has 1 atom stereocenters. The predicted octanol–water partition coefficient (Wildman–Crippen LogP) is 3.07. The molecule has 0 saturated heterocycles. The second kappa shape index (κ2) is 6.24. The molecule has 0 fully saturated rings. The zero-order valence-electron chi connectivity index (χ0n) is 11.9. The van der Waals surface area contributed by atoms with Crippen LogP contribution in [0.4, 0.5) is 5.69 Å². The average Bonchev–Trinajstić information content (AvgIpc) is 2.58. The Morgan fingerprint density at radius 1 is 1.22 bits per heavy atom. The van der Waals surface area contributed by atoms with E-state index in [0.717, 1.165) is 6.54 Å². The lowest BCUT2D eigenvalue weighted by molar-refractivity contribution is 0.436. The summed E-state index contributed by atoms with van der Waals surface area (Å²) < 4.78 is 0. The van der Waals surface area contributed by atoms with Crippen LogP contribution in [0.3, 0.4) is 0 Å². The first-order valence-electron chi connectivity index (χ1n) is 7.23. The van der Waals surface area contributed by atoms with E-state index in [9.17, 15) is 0 Å². The fraction of sp³-hybridized carbons (Fsp3) is 0.625. The van der Waals surface area contributed by atoms with Gasteiger partial charge in [-0.1, -0.05) is 32.0 Å². The van der Waals surface area contributed by atoms with Crippen LogP contribution in [0, 0.1) is 5.92 Å². The number of rotatable bonds is 4. The van der Waals surface area contributed by atoms with Crippen molar-refractivity contribution in [2.24, 2.45) is 5.92 Å². The minimum absolute atomic E-state index is 0.592. The molecule has 0 aliphatic carbocycles. The van der Waals surface area contributed by atoms with Crippen molar-refractivity contribution >= 4 is 5.69 Å². The van der Waals surface area contributed by atoms with Gasteiger partial charge in [-0.05, 0) is 43.9 Å². The second-order valence-electron chi connectivity index (χ2n) is 5.65. The van der Waals surface area contributed by atoms with Gasteiger partial charge in [0, 0.05) is 24.8 Å². The number of likely N-dealkylation sites (N-methyl/N-ethyl adjacent to an activating group) is 1. The Morgan fingerprint density at radius 2 is 2.00 bits per heavy atom. The van der Waals surface area contributed by atoms with E-state index in [4.69, 9.17) is 0 Å². The largest absolute Gasteiger partial charge is 0.367 e. The van der Waals surface area contributed by atoms with E-state index >= 15 is 0 Å². The van der Waals surface area contributed by atoms with Crippen LogP contribution in [0.25, 0.3) is 0 Å². The minimum atomic E-state index is 0.592. The van der Waals surface area contributed by atoms with Crippen LogP contribution in [0.5, 0.6) is 0 Å². The van der Waals surface area contributed by atoms with Gasteiger partial charge in [-0.3, -0.25) is 0 Å². The zero-order chi connectivity index (χ0) is 13.0. The van der Waals surface area contributed by atoms with Crippen molar-refractivity contribution in [3.8, 4) is 0 Å². The number of nitrogens with zero attached hydrogens (tertiary/aromatic N) is 1. The van der Waals surface area contributed by atoms with Crippen molar-refractivity contribution in [2.75, 3.05) is 25.0 Å². The second-order valence-corrected chi connectivity index (χ2v) is 5.65. The Morgan fingerprint density at radius 3 is 2.72 bits per heavy atom. The van der Waals surface area contributed by atoms with E-state index in [1.807, 2.05) is 0 Å². The normalized spacial score (nSPS) is 17.4. The van der Waals surface area contributed by atoms with Crippen LogP contribution < -0.4 is 10.2 Å². The lowest BCUT2D eigenvalue weighted by atomic mass is 10.0. The van der Waals surface area contributed by atoms with Gasteiger partial charge in [0.15, 0.2) is 0 Å². The van der Waals surface area contributed by atoms with E-state index in [-0.39, 0.29) is 0 Å². The molecule has 18 heavy (non-hydrogen) atoms. The molecule has 0 amide bonds. The summed E-state index contributed by atoms with van der Waals surface area (Å²) in [6.45, 7) is 6.92. The number of nitrogens with one attached hydrogen (secondary N) is 1. The summed E-state index contributed by atoms with van der Waals surface area (Å²) >= 11 is 0. The number of hydrogen-bond donors (Lipinski definition) is 1. The highest BCUT2D eigenvalue weighted by Crippen LogP contribution is 2.29. The minimum Gasteiger partial charge on any atom is -0.367 e. The van der Waals surface area contributed by atoms with Crippen molar-refractivity contribution in [3.05, 3.63) is 29.8 Å². The quantitative estimate of drug-likeness (QED) is 0.878. The van der Waals surface area contributed by atoms with Crippen molar-refractivity contribution < 1.29 is 0 Å². The monoisotopic (exact) mass is 246 g/mol. The smallest absolute Gasteiger partial charge is 0.0437 e. The molecule has 1 aliphatic heterocycles. The number of anilines is 1. The van der Waals surface area contributed by atoms with Crippen LogP contribution in [-0.2, 0) is 6.42 Å². The molecule has 1 unspecified atom stereocenters. The molecule has 1 aromatic rings. The lowest BCUT2D eigenvalue weighted by Crippen LogP contribution is -2.45. The number of fused-ring (bicyclic) bond motifs is 1. The highest BCUT2D eigenvalue weighted by atomic mass is 15.2. The van der Waals surface area contributed by atoms with Crippen molar-refractivity contribution in [1.82, 2.24) is 5.32 Å². The third kappa shape index (κ3) is 2.86. The SMILES string of the molecule is CNCC(C(C)C)N1CCCCc2ccccc21. The van der Waals surface area contributed by atoms with E-state index in [0.29, 0.717) is 12.0 Å². The van der Waals surface area contributed by atoms with Crippen molar-refractivity contribution in [1.29, 1.82) is 0 Å². The molecule has 1 aromatic carbocycles. The van der Waals surface area contributed by atoms with Gasteiger partial charge >= 0.3 is 0 Å². The molecule has 1 N–H and O–H groups in total. The Kier molecular flexibility index (Phi) is 4.65. The summed E-state index contributed by atoms with van der Waals surface area (Å²) in [6, 6.07) is 9.53. The van der Waals surface area contributed by atoms with Crippen molar-refractivity contribution in [2.45, 2.75) is 39.2 Å². The molecule has 2 nitrogen and oxygen atoms in total. The van der Waals surface area contributed by atoms with E-state index in [1.54, 1.807) is 0 Å². The maximum absolute atomic E-state index is 3.36. The molecule has 100 valence electrons. The Balaban J connectivity index is 2.30. The standard InChI is InChI=1S/C16H26N2/c1-13(2)16(12-17-3)18-11-7-6-9-14-8-4-5-10-15(14)18/h4-5,8,10,13,16-17H,6-7,9,11-12H2,1-3H3. The van der Waals surface area contributed by atoms with Gasteiger partial charge in [0.05, 0.1) is 0 Å². The lowest BCUT2D eigenvalue weighted by Gasteiger charge is -2.36. The summed E-state index contributed by atoms with van der Waals surface area (Å²) in [5, 5.41) is 3.36. The van der Waals surface area contributed by atoms with Crippen LogP contribution in [0.1, 0.15) is 32.3 Å². The molecular formula is C16H26N2. The molecule has 1 aliphatic rings. The summed E-state index contributed by atoms with van der Waals surface area (Å²) in [5.74, 6) is 0.670. The molecule has 0 bridgehead atoms. The number of hydrogen-bond acceptors (Lipinski definition) is 2. The third-order valence-corrected chi connectivity index (χ3v) is 3.98. The molecule has 2 rings (SSSR count). The Hall–Kier alpha value is -1.02. The molecular weight excluding hydrogens is 220 g/mol. The van der Waals surface area contributed by atoms with Gasteiger partial charge < -0.3 is 10.2 Å². The fourth-order valence-electron chi connectivity index (χ4n) is 2.98. The maximum Gasteiger partial charge on any atom is 0.0437 e. The number of aryl methyl sites for hydroxylation is 1. The summed E-state index contributed by atoms with van der Waals surface area (Å²) in [5.41, 5.74) is 2.99. The van der Waals surface area contributed by atoms with Crippen LogP contribution in [-0.4, -0.2) is 26.2 Å². The van der Waals surface area contributed by atoms with E-state index in [2.05, 4.69) is 55.4 Å². The molecule has 0 spiro atoms. The highest BCUT2D eigenvalue weighted by molar-refractivity contribution is 5.55. The summed E-state index contributed by atoms with van der Waals surface area (Å²) in [6.07, 6.45) is 3.86. The van der Waals surface area contributed by atoms with Gasteiger partial charge in [0.1, 0.15) is 0 Å². The van der Waals surface area contributed by atoms with Gasteiger partial charge in [-0.25, -0.2) is 0 Å². The maximum atomic E-state index is 3.36. The molecule has 0 saturated carbocycles. The summed E-state index contributed by atoms with van der Waals surface area (Å²) in [4.78, 5) is 2.63. The predicted molar refractivity (Wildman–Crippen MR) is 79.3 cm³/mol. The first-order valence-corrected chi connectivity index (χ1v) is 7.23. The first kappa shape index (κ1) is 13.4. The van der Waals surface area contributed by atoms with Crippen LogP contribution in [0.15, 0.2) is 24.3 Å². The molecule has 0 aromatic heterocycles. The molecule has 2 heteroatoms. The van der Waals surface area contributed by atoms with Crippen LogP contribution in [0.2, 0.25) is 0 Å². The zero-order valence-corrected chi connectivity index (χ0v) is 11.9. The van der Waals surface area contributed by atoms with E-state index in [1.165, 1.54) is 37.1 Å². The van der Waals surface area contributed by atoms with Gasteiger partial charge in [-0.2, -0.15) is 0 Å². The Bertz CT molecular complexity index is 373. The average molecular weight is 246 g/mol. The first-order chi connectivity index (χ1) is 8.74. The fourth-order valence-corrected chi connectivity index (χ4v) is 2.98. The topological polar surface area (TPSA) is 15.3 Å². The molecule has 1 heterocycles.